The zero-order chi connectivity index (χ0) is 12.8. The Morgan fingerprint density at radius 3 is 2.88 bits per heavy atom. The molecule has 1 aromatic carbocycles. The molecule has 0 bridgehead atoms. The van der Waals surface area contributed by atoms with Crippen molar-refractivity contribution in [2.24, 2.45) is 0 Å². The first-order valence-electron chi connectivity index (χ1n) is 5.09. The summed E-state index contributed by atoms with van der Waals surface area (Å²) in [6.07, 6.45) is -0.981. The number of hydrogen-bond donors (Lipinski definition) is 4. The molecule has 0 saturated heterocycles. The van der Waals surface area contributed by atoms with E-state index in [-0.39, 0.29) is 17.8 Å². The Labute approximate surface area is 99.0 Å². The van der Waals surface area contributed by atoms with Gasteiger partial charge in [0.05, 0.1) is 31.1 Å². The summed E-state index contributed by atoms with van der Waals surface area (Å²) in [6, 6.07) is 4.85. The third-order valence-corrected chi connectivity index (χ3v) is 2.24. The number of nitrogens with two attached hydrogens (primary N) is 1. The van der Waals surface area contributed by atoms with Crippen molar-refractivity contribution in [1.82, 2.24) is 5.32 Å². The number of methoxy groups -OCH3 is 1. The highest BCUT2D eigenvalue weighted by molar-refractivity contribution is 6.00. The fourth-order valence-corrected chi connectivity index (χ4v) is 1.29. The molecule has 94 valence electrons. The van der Waals surface area contributed by atoms with Crippen LogP contribution in [0.3, 0.4) is 0 Å². The topological polar surface area (TPSA) is 105 Å². The normalized spacial score (nSPS) is 11.9. The number of nitrogens with one attached hydrogen (secondary N) is 1. The third-order valence-electron chi connectivity index (χ3n) is 2.24. The van der Waals surface area contributed by atoms with E-state index < -0.39 is 18.6 Å². The summed E-state index contributed by atoms with van der Waals surface area (Å²) < 4.78 is 4.99. The van der Waals surface area contributed by atoms with Gasteiger partial charge < -0.3 is 26.0 Å². The summed E-state index contributed by atoms with van der Waals surface area (Å²) in [5.74, 6) is -0.00532. The standard InChI is InChI=1S/C11H16N2O4/c1-17-9-4-2-3-8(10(9)12)11(16)13-5-7(15)6-14/h2-4,7,14-15H,5-6,12H2,1H3,(H,13,16). The molecule has 0 aliphatic rings. The van der Waals surface area contributed by atoms with Crippen LogP contribution in [0.25, 0.3) is 0 Å². The first-order valence-corrected chi connectivity index (χ1v) is 5.09. The number of nitrogen functional groups attached to an aromatic ring is 1. The average Bonchev–Trinajstić information content (AvgIpc) is 2.35. The molecular weight excluding hydrogens is 224 g/mol. The molecule has 0 aliphatic carbocycles. The van der Waals surface area contributed by atoms with Crippen molar-refractivity contribution >= 4 is 11.6 Å². The maximum Gasteiger partial charge on any atom is 0.253 e. The number of aliphatic hydroxyl groups is 2. The van der Waals surface area contributed by atoms with Crippen LogP contribution in [0.2, 0.25) is 0 Å². The number of benzene rings is 1. The lowest BCUT2D eigenvalue weighted by molar-refractivity contribution is 0.0802. The molecule has 0 radical (unpaired) electrons. The molecule has 5 N–H and O–H groups in total. The number of ether oxygens (including phenoxy) is 1. The Hall–Kier alpha value is -1.79. The van der Waals surface area contributed by atoms with Crippen molar-refractivity contribution in [2.75, 3.05) is 26.0 Å². The van der Waals surface area contributed by atoms with E-state index in [4.69, 9.17) is 20.7 Å². The lowest BCUT2D eigenvalue weighted by Crippen LogP contribution is -2.34. The van der Waals surface area contributed by atoms with E-state index in [0.717, 1.165) is 0 Å². The first-order chi connectivity index (χ1) is 8.10. The SMILES string of the molecule is COc1cccc(C(=O)NCC(O)CO)c1N. The van der Waals surface area contributed by atoms with Gasteiger partial charge >= 0.3 is 0 Å². The van der Waals surface area contributed by atoms with Gasteiger partial charge in [-0.3, -0.25) is 4.79 Å². The van der Waals surface area contributed by atoms with Crippen molar-refractivity contribution in [2.45, 2.75) is 6.10 Å². The van der Waals surface area contributed by atoms with Crippen LogP contribution >= 0.6 is 0 Å². The van der Waals surface area contributed by atoms with E-state index in [1.54, 1.807) is 18.2 Å². The van der Waals surface area contributed by atoms with Crippen LogP contribution in [0.5, 0.6) is 5.75 Å². The molecule has 6 nitrogen and oxygen atoms in total. The smallest absolute Gasteiger partial charge is 0.253 e. The van der Waals surface area contributed by atoms with Gasteiger partial charge in [-0.1, -0.05) is 6.07 Å². The molecule has 1 amide bonds. The predicted octanol–water partition coefficient (Wildman–Crippen LogP) is -0.640. The Morgan fingerprint density at radius 2 is 2.29 bits per heavy atom. The van der Waals surface area contributed by atoms with Gasteiger partial charge in [-0.2, -0.15) is 0 Å². The van der Waals surface area contributed by atoms with E-state index >= 15 is 0 Å². The second-order valence-electron chi connectivity index (χ2n) is 3.47. The van der Waals surface area contributed by atoms with E-state index in [1.807, 2.05) is 0 Å². The number of rotatable bonds is 5. The number of carbonyl (C=O) groups excluding carboxylic acids is 1. The van der Waals surface area contributed by atoms with Crippen LogP contribution in [0, 0.1) is 0 Å². The Morgan fingerprint density at radius 1 is 1.59 bits per heavy atom. The van der Waals surface area contributed by atoms with Gasteiger partial charge in [0.15, 0.2) is 0 Å². The van der Waals surface area contributed by atoms with Crippen LogP contribution < -0.4 is 15.8 Å². The number of hydrogen-bond acceptors (Lipinski definition) is 5. The minimum Gasteiger partial charge on any atom is -0.495 e. The lowest BCUT2D eigenvalue weighted by Gasteiger charge is -2.12. The lowest BCUT2D eigenvalue weighted by atomic mass is 10.1. The second-order valence-corrected chi connectivity index (χ2v) is 3.47. The minimum atomic E-state index is -0.981. The van der Waals surface area contributed by atoms with Crippen molar-refractivity contribution in [1.29, 1.82) is 0 Å². The molecule has 0 heterocycles. The van der Waals surface area contributed by atoms with Crippen LogP contribution in [0.1, 0.15) is 10.4 Å². The van der Waals surface area contributed by atoms with Crippen LogP contribution in [-0.2, 0) is 0 Å². The maximum atomic E-state index is 11.7. The summed E-state index contributed by atoms with van der Waals surface area (Å²) in [5, 5.41) is 20.2. The Balaban J connectivity index is 2.75. The van der Waals surface area contributed by atoms with Crippen LogP contribution in [-0.4, -0.2) is 42.5 Å². The van der Waals surface area contributed by atoms with Gasteiger partial charge in [0.1, 0.15) is 5.75 Å². The van der Waals surface area contributed by atoms with Crippen molar-refractivity contribution in [3.8, 4) is 5.75 Å². The third kappa shape index (κ3) is 3.33. The molecule has 6 heteroatoms. The van der Waals surface area contributed by atoms with Gasteiger partial charge in [-0.15, -0.1) is 0 Å². The van der Waals surface area contributed by atoms with Gasteiger partial charge in [0.25, 0.3) is 5.91 Å². The summed E-state index contributed by atoms with van der Waals surface area (Å²) in [7, 11) is 1.46. The molecular formula is C11H16N2O4. The molecule has 0 aliphatic heterocycles. The highest BCUT2D eigenvalue weighted by Gasteiger charge is 2.13. The summed E-state index contributed by atoms with van der Waals surface area (Å²) in [6.45, 7) is -0.445. The fraction of sp³-hybridized carbons (Fsp3) is 0.364. The number of aliphatic hydroxyl groups excluding tert-OH is 2. The molecule has 0 saturated carbocycles. The molecule has 17 heavy (non-hydrogen) atoms. The van der Waals surface area contributed by atoms with E-state index in [1.165, 1.54) is 7.11 Å². The maximum absolute atomic E-state index is 11.7. The number of amides is 1. The second kappa shape index (κ2) is 6.07. The van der Waals surface area contributed by atoms with E-state index in [0.29, 0.717) is 5.75 Å². The molecule has 1 atom stereocenters. The number of anilines is 1. The van der Waals surface area contributed by atoms with E-state index in [9.17, 15) is 4.79 Å². The van der Waals surface area contributed by atoms with E-state index in [2.05, 4.69) is 5.32 Å². The van der Waals surface area contributed by atoms with Gasteiger partial charge in [-0.05, 0) is 12.1 Å². The summed E-state index contributed by atoms with van der Waals surface area (Å²) >= 11 is 0. The quantitative estimate of drug-likeness (QED) is 0.512. The zero-order valence-corrected chi connectivity index (χ0v) is 9.51. The van der Waals surface area contributed by atoms with Crippen molar-refractivity contribution in [3.63, 3.8) is 0 Å². The van der Waals surface area contributed by atoms with Gasteiger partial charge in [0, 0.05) is 6.54 Å². The van der Waals surface area contributed by atoms with Gasteiger partial charge in [0.2, 0.25) is 0 Å². The molecule has 0 spiro atoms. The monoisotopic (exact) mass is 240 g/mol. The highest BCUT2D eigenvalue weighted by Crippen LogP contribution is 2.24. The van der Waals surface area contributed by atoms with Crippen molar-refractivity contribution in [3.05, 3.63) is 23.8 Å². The summed E-state index contributed by atoms with van der Waals surface area (Å²) in [4.78, 5) is 11.7. The Bertz CT molecular complexity index is 395. The van der Waals surface area contributed by atoms with Crippen molar-refractivity contribution < 1.29 is 19.7 Å². The average molecular weight is 240 g/mol. The first kappa shape index (κ1) is 13.3. The molecule has 0 aromatic heterocycles. The summed E-state index contributed by atoms with van der Waals surface area (Å²) in [5.41, 5.74) is 6.25. The fourth-order valence-electron chi connectivity index (χ4n) is 1.29. The van der Waals surface area contributed by atoms with Crippen LogP contribution in [0.15, 0.2) is 18.2 Å². The Kier molecular flexibility index (Phi) is 4.74. The molecule has 1 rings (SSSR count). The number of para-hydroxylation sites is 1. The molecule has 0 fully saturated rings. The minimum absolute atomic E-state index is 0.0357. The van der Waals surface area contributed by atoms with Gasteiger partial charge in [-0.25, -0.2) is 0 Å². The van der Waals surface area contributed by atoms with Crippen LogP contribution in [0.4, 0.5) is 5.69 Å². The molecule has 1 unspecified atom stereocenters. The molecule has 1 aromatic rings. The largest absolute Gasteiger partial charge is 0.495 e. The predicted molar refractivity (Wildman–Crippen MR) is 62.8 cm³/mol. The highest BCUT2D eigenvalue weighted by atomic mass is 16.5. The number of carbonyl (C=O) groups is 1. The zero-order valence-electron chi connectivity index (χ0n) is 9.51.